The molecule has 2 heteroatoms. The normalized spacial score (nSPS) is 14.5. The molecule has 2 nitrogen and oxygen atoms in total. The van der Waals surface area contributed by atoms with E-state index in [4.69, 9.17) is 0 Å². The van der Waals surface area contributed by atoms with Gasteiger partial charge in [-0.15, -0.1) is 0 Å². The van der Waals surface area contributed by atoms with E-state index in [2.05, 4.69) is 240 Å². The number of hydrogen-bond donors (Lipinski definition) is 0. The molecule has 0 N–H and O–H groups in total. The lowest BCUT2D eigenvalue weighted by Crippen LogP contribution is -2.26. The SMILES string of the molecule is c1ccc(N(c2ccc3ccccc3c2)c2cccc3c2-c2ccccc2C32c3ccccc3-c3ccc(N(c4ccccc4)c4cccc5ccccc45)cc32)cc1. The number of nitrogens with zero attached hydrogens (tertiary/aromatic N) is 2. The molecule has 0 saturated heterocycles. The van der Waals surface area contributed by atoms with Crippen LogP contribution >= 0.6 is 0 Å². The van der Waals surface area contributed by atoms with Crippen molar-refractivity contribution >= 4 is 55.7 Å². The molecule has 0 aliphatic heterocycles. The molecule has 0 fully saturated rings. The van der Waals surface area contributed by atoms with Crippen LogP contribution in [0.4, 0.5) is 34.1 Å². The molecule has 0 aromatic heterocycles. The molecule has 0 bridgehead atoms. The Morgan fingerprint density at radius 1 is 0.271 bits per heavy atom. The van der Waals surface area contributed by atoms with E-state index in [1.54, 1.807) is 0 Å². The van der Waals surface area contributed by atoms with Crippen LogP contribution < -0.4 is 9.80 Å². The lowest BCUT2D eigenvalue weighted by molar-refractivity contribution is 0.793. The Kier molecular flexibility index (Phi) is 7.48. The largest absolute Gasteiger partial charge is 0.310 e. The Hall–Kier alpha value is -7.68. The van der Waals surface area contributed by atoms with Crippen molar-refractivity contribution in [2.24, 2.45) is 0 Å². The van der Waals surface area contributed by atoms with Gasteiger partial charge in [0.15, 0.2) is 0 Å². The Morgan fingerprint density at radius 3 is 1.56 bits per heavy atom. The van der Waals surface area contributed by atoms with E-state index < -0.39 is 5.41 Å². The third-order valence-corrected chi connectivity index (χ3v) is 12.6. The molecule has 12 rings (SSSR count). The summed E-state index contributed by atoms with van der Waals surface area (Å²) in [4.78, 5) is 4.89. The van der Waals surface area contributed by atoms with Gasteiger partial charge in [0, 0.05) is 33.7 Å². The lowest BCUT2D eigenvalue weighted by atomic mass is 9.70. The first-order valence-corrected chi connectivity index (χ1v) is 20.4. The van der Waals surface area contributed by atoms with Crippen LogP contribution in [-0.4, -0.2) is 0 Å². The summed E-state index contributed by atoms with van der Waals surface area (Å²) in [5.41, 5.74) is 16.6. The summed E-state index contributed by atoms with van der Waals surface area (Å²) in [5, 5.41) is 4.88. The zero-order valence-electron chi connectivity index (χ0n) is 32.3. The van der Waals surface area contributed by atoms with Gasteiger partial charge >= 0.3 is 0 Å². The molecule has 1 atom stereocenters. The van der Waals surface area contributed by atoms with E-state index in [9.17, 15) is 0 Å². The van der Waals surface area contributed by atoms with Crippen molar-refractivity contribution in [1.82, 2.24) is 0 Å². The maximum atomic E-state index is 2.49. The molecule has 2 aliphatic carbocycles. The van der Waals surface area contributed by atoms with Gasteiger partial charge in [0.25, 0.3) is 0 Å². The molecule has 10 aromatic carbocycles. The molecule has 0 heterocycles. The quantitative estimate of drug-likeness (QED) is 0.167. The average Bonchev–Trinajstić information content (AvgIpc) is 3.78. The minimum Gasteiger partial charge on any atom is -0.310 e. The van der Waals surface area contributed by atoms with Gasteiger partial charge in [-0.25, -0.2) is 0 Å². The summed E-state index contributed by atoms with van der Waals surface area (Å²) < 4.78 is 0. The molecular weight excluding hydrogens is 713 g/mol. The highest BCUT2D eigenvalue weighted by atomic mass is 15.2. The zero-order chi connectivity index (χ0) is 38.9. The molecule has 10 aromatic rings. The minimum absolute atomic E-state index is 0.545. The molecular formula is C57H38N2. The fourth-order valence-corrected chi connectivity index (χ4v) is 10.2. The Morgan fingerprint density at radius 2 is 0.780 bits per heavy atom. The van der Waals surface area contributed by atoms with Crippen LogP contribution in [0.15, 0.2) is 231 Å². The van der Waals surface area contributed by atoms with Crippen LogP contribution in [0.2, 0.25) is 0 Å². The second-order valence-corrected chi connectivity index (χ2v) is 15.6. The molecule has 1 spiro atoms. The van der Waals surface area contributed by atoms with E-state index >= 15 is 0 Å². The highest BCUT2D eigenvalue weighted by Crippen LogP contribution is 2.65. The van der Waals surface area contributed by atoms with Crippen molar-refractivity contribution in [3.05, 3.63) is 253 Å². The third kappa shape index (κ3) is 4.93. The maximum Gasteiger partial charge on any atom is 0.0727 e. The second kappa shape index (κ2) is 13.2. The summed E-state index contributed by atoms with van der Waals surface area (Å²) in [5.74, 6) is 0. The van der Waals surface area contributed by atoms with Crippen molar-refractivity contribution < 1.29 is 0 Å². The first-order valence-electron chi connectivity index (χ1n) is 20.4. The summed E-state index contributed by atoms with van der Waals surface area (Å²) in [7, 11) is 0. The van der Waals surface area contributed by atoms with Gasteiger partial charge in [0.2, 0.25) is 0 Å². The van der Waals surface area contributed by atoms with E-state index in [0.717, 1.165) is 34.1 Å². The number of fused-ring (bicyclic) bond motifs is 12. The van der Waals surface area contributed by atoms with Gasteiger partial charge in [-0.05, 0) is 116 Å². The van der Waals surface area contributed by atoms with Crippen molar-refractivity contribution in [2.75, 3.05) is 9.80 Å². The van der Waals surface area contributed by atoms with Crippen molar-refractivity contribution in [2.45, 2.75) is 5.41 Å². The number of para-hydroxylation sites is 2. The van der Waals surface area contributed by atoms with Gasteiger partial charge in [-0.2, -0.15) is 0 Å². The lowest BCUT2D eigenvalue weighted by Gasteiger charge is -2.33. The number of benzene rings is 10. The topological polar surface area (TPSA) is 6.48 Å². The van der Waals surface area contributed by atoms with Crippen molar-refractivity contribution in [3.63, 3.8) is 0 Å². The molecule has 1 unspecified atom stereocenters. The third-order valence-electron chi connectivity index (χ3n) is 12.6. The van der Waals surface area contributed by atoms with E-state index in [-0.39, 0.29) is 0 Å². The van der Waals surface area contributed by atoms with E-state index in [1.165, 1.54) is 66.1 Å². The molecule has 2 aliphatic rings. The number of rotatable bonds is 6. The van der Waals surface area contributed by atoms with Crippen LogP contribution in [0, 0.1) is 0 Å². The van der Waals surface area contributed by atoms with Gasteiger partial charge < -0.3 is 9.80 Å². The number of hydrogen-bond acceptors (Lipinski definition) is 2. The fraction of sp³-hybridized carbons (Fsp3) is 0.0175. The van der Waals surface area contributed by atoms with Gasteiger partial charge in [0.1, 0.15) is 0 Å². The molecule has 0 saturated carbocycles. The Balaban J connectivity index is 1.14. The fourth-order valence-electron chi connectivity index (χ4n) is 10.2. The summed E-state index contributed by atoms with van der Waals surface area (Å²) >= 11 is 0. The molecule has 59 heavy (non-hydrogen) atoms. The van der Waals surface area contributed by atoms with Gasteiger partial charge in [0.05, 0.1) is 16.8 Å². The van der Waals surface area contributed by atoms with Crippen LogP contribution in [-0.2, 0) is 5.41 Å². The van der Waals surface area contributed by atoms with Gasteiger partial charge in [-0.1, -0.05) is 170 Å². The predicted octanol–water partition coefficient (Wildman–Crippen LogP) is 15.3. The first kappa shape index (κ1) is 33.5. The molecule has 0 amide bonds. The second-order valence-electron chi connectivity index (χ2n) is 15.6. The van der Waals surface area contributed by atoms with Crippen LogP contribution in [0.25, 0.3) is 43.8 Å². The monoisotopic (exact) mass is 750 g/mol. The summed E-state index contributed by atoms with van der Waals surface area (Å²) in [6.45, 7) is 0. The molecule has 0 radical (unpaired) electrons. The van der Waals surface area contributed by atoms with Crippen LogP contribution in [0.3, 0.4) is 0 Å². The van der Waals surface area contributed by atoms with Gasteiger partial charge in [-0.3, -0.25) is 0 Å². The first-order chi connectivity index (χ1) is 29.3. The van der Waals surface area contributed by atoms with Crippen molar-refractivity contribution in [1.29, 1.82) is 0 Å². The smallest absolute Gasteiger partial charge is 0.0727 e. The average molecular weight is 751 g/mol. The van der Waals surface area contributed by atoms with Crippen molar-refractivity contribution in [3.8, 4) is 22.3 Å². The highest BCUT2D eigenvalue weighted by molar-refractivity contribution is 6.03. The molecule has 276 valence electrons. The van der Waals surface area contributed by atoms with Crippen LogP contribution in [0.5, 0.6) is 0 Å². The summed E-state index contributed by atoms with van der Waals surface area (Å²) in [6.07, 6.45) is 0. The van der Waals surface area contributed by atoms with E-state index in [0.29, 0.717) is 0 Å². The minimum atomic E-state index is -0.545. The van der Waals surface area contributed by atoms with E-state index in [1.807, 2.05) is 0 Å². The number of anilines is 6. The standard InChI is InChI=1S/C57H38N2/c1-3-21-42(22-4-1)58(54-31-15-20-40-18-9-10-25-46(40)54)45-35-36-48-47-26-11-13-28-50(47)57(53(48)38-45)51-29-14-12-27-49(51)56-52(57)30-16-32-55(56)59(43-23-5-2-6-24-43)44-34-33-39-17-7-8-19-41(39)37-44/h1-38H. The Labute approximate surface area is 344 Å². The zero-order valence-corrected chi connectivity index (χ0v) is 32.3. The summed E-state index contributed by atoms with van der Waals surface area (Å²) in [6, 6.07) is 84.9. The highest BCUT2D eigenvalue weighted by Gasteiger charge is 2.52. The predicted molar refractivity (Wildman–Crippen MR) is 247 cm³/mol. The maximum absolute atomic E-state index is 2.49. The Bertz CT molecular complexity index is 3240. The van der Waals surface area contributed by atoms with Crippen LogP contribution in [0.1, 0.15) is 22.3 Å².